The SMILES string of the molecule is O=C(N[C@@H]1C[C@H]2CC[C@H]1C2)c1ccc([C@@H]2SCC(=O)N2Cc2ccccc2)cc1. The minimum absolute atomic E-state index is 0.00499. The monoisotopic (exact) mass is 406 g/mol. The molecule has 1 heterocycles. The number of rotatable bonds is 5. The number of hydrogen-bond donors (Lipinski definition) is 1. The van der Waals surface area contributed by atoms with Crippen molar-refractivity contribution in [2.45, 2.75) is 43.6 Å². The van der Waals surface area contributed by atoms with Crippen LogP contribution >= 0.6 is 11.8 Å². The number of amides is 2. The third-order valence-corrected chi connectivity index (χ3v) is 7.93. The van der Waals surface area contributed by atoms with Crippen LogP contribution in [0.1, 0.15) is 52.5 Å². The Morgan fingerprint density at radius 3 is 2.52 bits per heavy atom. The van der Waals surface area contributed by atoms with Gasteiger partial charge < -0.3 is 10.2 Å². The van der Waals surface area contributed by atoms with E-state index in [4.69, 9.17) is 0 Å². The van der Waals surface area contributed by atoms with E-state index in [1.807, 2.05) is 47.4 Å². The summed E-state index contributed by atoms with van der Waals surface area (Å²) >= 11 is 1.66. The second-order valence-electron chi connectivity index (χ2n) is 8.55. The maximum Gasteiger partial charge on any atom is 0.251 e. The van der Waals surface area contributed by atoms with Gasteiger partial charge in [0.05, 0.1) is 5.75 Å². The molecule has 0 aromatic heterocycles. The first-order valence-electron chi connectivity index (χ1n) is 10.5. The zero-order chi connectivity index (χ0) is 19.8. The molecule has 5 heteroatoms. The standard InChI is InChI=1S/C24H26N2O2S/c27-22-15-29-24(26(22)14-16-4-2-1-3-5-16)19-10-8-18(9-11-19)23(28)25-21-13-17-6-7-20(21)12-17/h1-5,8-11,17,20-21,24H,6-7,12-15H2,(H,25,28)/t17-,20-,21+,24-/m0/s1. The summed E-state index contributed by atoms with van der Waals surface area (Å²) in [7, 11) is 0. The van der Waals surface area contributed by atoms with E-state index in [1.165, 1.54) is 19.3 Å². The zero-order valence-electron chi connectivity index (χ0n) is 16.4. The Morgan fingerprint density at radius 2 is 1.83 bits per heavy atom. The molecule has 2 amide bonds. The highest BCUT2D eigenvalue weighted by Gasteiger charge is 2.40. The molecule has 29 heavy (non-hydrogen) atoms. The summed E-state index contributed by atoms with van der Waals surface area (Å²) in [4.78, 5) is 27.1. The smallest absolute Gasteiger partial charge is 0.251 e. The molecule has 3 fully saturated rings. The van der Waals surface area contributed by atoms with E-state index in [0.717, 1.165) is 23.5 Å². The van der Waals surface area contributed by atoms with Gasteiger partial charge in [-0.3, -0.25) is 9.59 Å². The van der Waals surface area contributed by atoms with Crippen LogP contribution in [-0.2, 0) is 11.3 Å². The van der Waals surface area contributed by atoms with Gasteiger partial charge in [-0.2, -0.15) is 0 Å². The summed E-state index contributed by atoms with van der Waals surface area (Å²) in [6.45, 7) is 0.615. The Labute approximate surface area is 176 Å². The third kappa shape index (κ3) is 3.80. The molecule has 5 rings (SSSR count). The first-order chi connectivity index (χ1) is 14.2. The Morgan fingerprint density at radius 1 is 1.03 bits per heavy atom. The van der Waals surface area contributed by atoms with Crippen LogP contribution in [0.3, 0.4) is 0 Å². The molecular weight excluding hydrogens is 380 g/mol. The average Bonchev–Trinajstić information content (AvgIpc) is 3.46. The van der Waals surface area contributed by atoms with E-state index in [1.54, 1.807) is 11.8 Å². The molecule has 2 aliphatic carbocycles. The van der Waals surface area contributed by atoms with E-state index < -0.39 is 0 Å². The fourth-order valence-corrected chi connectivity index (χ4v) is 6.34. The molecule has 0 spiro atoms. The minimum atomic E-state index is 0.00499. The summed E-state index contributed by atoms with van der Waals surface area (Å²) < 4.78 is 0. The number of thioether (sulfide) groups is 1. The summed E-state index contributed by atoms with van der Waals surface area (Å²) in [5, 5.41) is 3.26. The van der Waals surface area contributed by atoms with Gasteiger partial charge in [-0.15, -0.1) is 11.8 Å². The van der Waals surface area contributed by atoms with E-state index >= 15 is 0 Å². The van der Waals surface area contributed by atoms with Gasteiger partial charge in [0.1, 0.15) is 5.37 Å². The van der Waals surface area contributed by atoms with E-state index in [2.05, 4.69) is 17.4 Å². The van der Waals surface area contributed by atoms with Crippen LogP contribution in [0.25, 0.3) is 0 Å². The van der Waals surface area contributed by atoms with Crippen LogP contribution in [0.2, 0.25) is 0 Å². The lowest BCUT2D eigenvalue weighted by atomic mass is 9.95. The van der Waals surface area contributed by atoms with Crippen LogP contribution in [0, 0.1) is 11.8 Å². The van der Waals surface area contributed by atoms with Crippen molar-refractivity contribution in [2.75, 3.05) is 5.75 Å². The number of nitrogens with zero attached hydrogens (tertiary/aromatic N) is 1. The molecule has 2 bridgehead atoms. The van der Waals surface area contributed by atoms with E-state index in [-0.39, 0.29) is 17.2 Å². The molecular formula is C24H26N2O2S. The molecule has 1 saturated heterocycles. The molecule has 1 N–H and O–H groups in total. The number of carbonyl (C=O) groups is 2. The van der Waals surface area contributed by atoms with Gasteiger partial charge >= 0.3 is 0 Å². The number of nitrogens with one attached hydrogen (secondary N) is 1. The second-order valence-corrected chi connectivity index (χ2v) is 9.62. The minimum Gasteiger partial charge on any atom is -0.349 e. The summed E-state index contributed by atoms with van der Waals surface area (Å²) in [6.07, 6.45) is 5.03. The first-order valence-corrected chi connectivity index (χ1v) is 11.6. The van der Waals surface area contributed by atoms with Gasteiger partial charge in [0.25, 0.3) is 5.91 Å². The highest BCUT2D eigenvalue weighted by atomic mass is 32.2. The van der Waals surface area contributed by atoms with Gasteiger partial charge in [-0.05, 0) is 54.4 Å². The molecule has 1 aliphatic heterocycles. The Kier molecular flexibility index (Phi) is 5.08. The highest BCUT2D eigenvalue weighted by Crippen LogP contribution is 2.44. The fraction of sp³-hybridized carbons (Fsp3) is 0.417. The number of benzene rings is 2. The summed E-state index contributed by atoms with van der Waals surface area (Å²) in [5.74, 6) is 2.20. The van der Waals surface area contributed by atoms with Crippen molar-refractivity contribution < 1.29 is 9.59 Å². The van der Waals surface area contributed by atoms with E-state index in [9.17, 15) is 9.59 Å². The number of fused-ring (bicyclic) bond motifs is 2. The molecule has 4 atom stereocenters. The van der Waals surface area contributed by atoms with Crippen LogP contribution in [0.15, 0.2) is 54.6 Å². The van der Waals surface area contributed by atoms with Crippen molar-refractivity contribution in [2.24, 2.45) is 11.8 Å². The molecule has 3 aliphatic rings. The summed E-state index contributed by atoms with van der Waals surface area (Å²) in [5.41, 5.74) is 2.92. The van der Waals surface area contributed by atoms with Crippen molar-refractivity contribution in [3.63, 3.8) is 0 Å². The van der Waals surface area contributed by atoms with Gasteiger partial charge in [0.15, 0.2) is 0 Å². The average molecular weight is 407 g/mol. The number of carbonyl (C=O) groups excluding carboxylic acids is 2. The first kappa shape index (κ1) is 18.7. The Balaban J connectivity index is 1.26. The van der Waals surface area contributed by atoms with Crippen molar-refractivity contribution in [1.82, 2.24) is 10.2 Å². The molecule has 0 radical (unpaired) electrons. The normalized spacial score (nSPS) is 28.1. The predicted molar refractivity (Wildman–Crippen MR) is 115 cm³/mol. The summed E-state index contributed by atoms with van der Waals surface area (Å²) in [6, 6.07) is 18.3. The molecule has 0 unspecified atom stereocenters. The second kappa shape index (κ2) is 7.86. The van der Waals surface area contributed by atoms with Gasteiger partial charge in [-0.1, -0.05) is 48.9 Å². The van der Waals surface area contributed by atoms with Crippen LogP contribution in [-0.4, -0.2) is 28.5 Å². The van der Waals surface area contributed by atoms with Gasteiger partial charge in [0.2, 0.25) is 5.91 Å². The van der Waals surface area contributed by atoms with Crippen molar-refractivity contribution >= 4 is 23.6 Å². The molecule has 2 saturated carbocycles. The Hall–Kier alpha value is -2.27. The molecule has 4 nitrogen and oxygen atoms in total. The molecule has 2 aromatic carbocycles. The van der Waals surface area contributed by atoms with Crippen LogP contribution in [0.5, 0.6) is 0 Å². The topological polar surface area (TPSA) is 49.4 Å². The lowest BCUT2D eigenvalue weighted by Crippen LogP contribution is -2.38. The largest absolute Gasteiger partial charge is 0.349 e. The fourth-order valence-electron chi connectivity index (χ4n) is 5.15. The van der Waals surface area contributed by atoms with Crippen molar-refractivity contribution in [3.05, 3.63) is 71.3 Å². The van der Waals surface area contributed by atoms with Gasteiger partial charge in [-0.25, -0.2) is 0 Å². The maximum atomic E-state index is 12.7. The lowest BCUT2D eigenvalue weighted by molar-refractivity contribution is -0.128. The number of hydrogen-bond acceptors (Lipinski definition) is 3. The quantitative estimate of drug-likeness (QED) is 0.802. The third-order valence-electron chi connectivity index (χ3n) is 6.68. The maximum absolute atomic E-state index is 12.7. The molecule has 150 valence electrons. The lowest BCUT2D eigenvalue weighted by Gasteiger charge is -2.25. The van der Waals surface area contributed by atoms with Gasteiger partial charge in [0, 0.05) is 18.2 Å². The molecule has 2 aromatic rings. The van der Waals surface area contributed by atoms with Crippen molar-refractivity contribution in [1.29, 1.82) is 0 Å². The van der Waals surface area contributed by atoms with Crippen molar-refractivity contribution in [3.8, 4) is 0 Å². The van der Waals surface area contributed by atoms with Crippen LogP contribution < -0.4 is 5.32 Å². The van der Waals surface area contributed by atoms with E-state index in [0.29, 0.717) is 29.8 Å². The Bertz CT molecular complexity index is 899. The highest BCUT2D eigenvalue weighted by molar-refractivity contribution is 8.00. The zero-order valence-corrected chi connectivity index (χ0v) is 17.2. The van der Waals surface area contributed by atoms with Crippen LogP contribution in [0.4, 0.5) is 0 Å². The predicted octanol–water partition coefficient (Wildman–Crippen LogP) is 4.38.